The molecule has 0 radical (unpaired) electrons. The normalized spacial score (nSPS) is 12.0. The van der Waals surface area contributed by atoms with Crippen LogP contribution < -0.4 is 4.74 Å². The number of halogens is 3. The molecule has 0 fully saturated rings. The van der Waals surface area contributed by atoms with Crippen molar-refractivity contribution in [2.24, 2.45) is 0 Å². The predicted molar refractivity (Wildman–Crippen MR) is 69.7 cm³/mol. The smallest absolute Gasteiger partial charge is 0.411 e. The maximum Gasteiger partial charge on any atom is 0.411 e. The lowest BCUT2D eigenvalue weighted by atomic mass is 10.2. The van der Waals surface area contributed by atoms with Gasteiger partial charge in [-0.2, -0.15) is 13.2 Å². The number of ether oxygens (including phenoxy) is 2. The zero-order valence-electron chi connectivity index (χ0n) is 11.1. The fraction of sp³-hybridized carbons (Fsp3) is 0.429. The van der Waals surface area contributed by atoms with Crippen molar-refractivity contribution < 1.29 is 22.6 Å². The van der Waals surface area contributed by atoms with Gasteiger partial charge in [-0.1, -0.05) is 6.92 Å². The summed E-state index contributed by atoms with van der Waals surface area (Å²) in [5.74, 6) is 0.758. The van der Waals surface area contributed by atoms with E-state index < -0.39 is 12.8 Å². The summed E-state index contributed by atoms with van der Waals surface area (Å²) in [6, 6.07) is 7.31. The first-order valence-electron chi connectivity index (χ1n) is 6.36. The van der Waals surface area contributed by atoms with Crippen LogP contribution in [0.2, 0.25) is 0 Å². The minimum absolute atomic E-state index is 0.127. The molecule has 0 aliphatic carbocycles. The Bertz CT molecular complexity index is 563. The minimum atomic E-state index is -4.30. The SMILES string of the molecule is CCCOc1ccc2c(ccn2COCC(F)(F)F)c1. The lowest BCUT2D eigenvalue weighted by molar-refractivity contribution is -0.181. The molecule has 0 atom stereocenters. The molecule has 3 nitrogen and oxygen atoms in total. The molecular weight excluding hydrogens is 271 g/mol. The van der Waals surface area contributed by atoms with Crippen LogP contribution in [0.1, 0.15) is 13.3 Å². The van der Waals surface area contributed by atoms with Gasteiger partial charge in [-0.05, 0) is 30.7 Å². The molecule has 0 aliphatic heterocycles. The zero-order valence-corrected chi connectivity index (χ0v) is 11.1. The summed E-state index contributed by atoms with van der Waals surface area (Å²) in [4.78, 5) is 0. The average Bonchev–Trinajstić information content (AvgIpc) is 2.77. The molecule has 0 spiro atoms. The highest BCUT2D eigenvalue weighted by molar-refractivity contribution is 5.81. The Balaban J connectivity index is 2.04. The Hall–Kier alpha value is -1.69. The van der Waals surface area contributed by atoms with E-state index >= 15 is 0 Å². The number of benzene rings is 1. The molecule has 110 valence electrons. The van der Waals surface area contributed by atoms with Gasteiger partial charge in [0.15, 0.2) is 0 Å². The van der Waals surface area contributed by atoms with Crippen LogP contribution in [0.3, 0.4) is 0 Å². The Morgan fingerprint density at radius 3 is 2.70 bits per heavy atom. The van der Waals surface area contributed by atoms with Crippen LogP contribution in [0, 0.1) is 0 Å². The average molecular weight is 287 g/mol. The lowest BCUT2D eigenvalue weighted by Gasteiger charge is -2.10. The van der Waals surface area contributed by atoms with E-state index in [2.05, 4.69) is 4.74 Å². The van der Waals surface area contributed by atoms with E-state index in [1.54, 1.807) is 16.8 Å². The molecule has 1 aromatic carbocycles. The van der Waals surface area contributed by atoms with Gasteiger partial charge in [-0.3, -0.25) is 0 Å². The van der Waals surface area contributed by atoms with Crippen molar-refractivity contribution in [2.75, 3.05) is 13.2 Å². The first kappa shape index (κ1) is 14.7. The number of rotatable bonds is 6. The number of nitrogens with zero attached hydrogens (tertiary/aromatic N) is 1. The quantitative estimate of drug-likeness (QED) is 0.802. The Kier molecular flexibility index (Phi) is 4.54. The summed E-state index contributed by atoms with van der Waals surface area (Å²) >= 11 is 0. The van der Waals surface area contributed by atoms with Crippen molar-refractivity contribution in [3.8, 4) is 5.75 Å². The van der Waals surface area contributed by atoms with Gasteiger partial charge in [-0.15, -0.1) is 0 Å². The van der Waals surface area contributed by atoms with Gasteiger partial charge in [0.1, 0.15) is 19.1 Å². The van der Waals surface area contributed by atoms with Gasteiger partial charge in [0.25, 0.3) is 0 Å². The van der Waals surface area contributed by atoms with Crippen molar-refractivity contribution in [1.29, 1.82) is 0 Å². The Labute approximate surface area is 114 Å². The molecule has 1 heterocycles. The Morgan fingerprint density at radius 2 is 2.00 bits per heavy atom. The third-order valence-electron chi connectivity index (χ3n) is 2.71. The molecule has 20 heavy (non-hydrogen) atoms. The van der Waals surface area contributed by atoms with Gasteiger partial charge in [-0.25, -0.2) is 0 Å². The molecule has 0 aliphatic rings. The number of hydrogen-bond donors (Lipinski definition) is 0. The van der Waals surface area contributed by atoms with Gasteiger partial charge < -0.3 is 14.0 Å². The van der Waals surface area contributed by atoms with Crippen LogP contribution in [0.4, 0.5) is 13.2 Å². The van der Waals surface area contributed by atoms with Crippen LogP contribution in [0.25, 0.3) is 10.9 Å². The summed E-state index contributed by atoms with van der Waals surface area (Å²) in [6.45, 7) is 1.29. The van der Waals surface area contributed by atoms with Crippen LogP contribution in [0.5, 0.6) is 5.75 Å². The first-order chi connectivity index (χ1) is 9.49. The molecule has 0 saturated carbocycles. The fourth-order valence-electron chi connectivity index (χ4n) is 1.86. The Morgan fingerprint density at radius 1 is 1.20 bits per heavy atom. The second-order valence-electron chi connectivity index (χ2n) is 4.45. The van der Waals surface area contributed by atoms with Gasteiger partial charge >= 0.3 is 6.18 Å². The molecule has 6 heteroatoms. The molecule has 2 aromatic rings. The largest absolute Gasteiger partial charge is 0.494 e. The number of aromatic nitrogens is 1. The van der Waals surface area contributed by atoms with E-state index in [9.17, 15) is 13.2 Å². The summed E-state index contributed by atoms with van der Waals surface area (Å²) in [5.41, 5.74) is 0.816. The van der Waals surface area contributed by atoms with Crippen LogP contribution in [-0.2, 0) is 11.5 Å². The molecule has 2 rings (SSSR count). The van der Waals surface area contributed by atoms with E-state index in [1.807, 2.05) is 25.1 Å². The zero-order chi connectivity index (χ0) is 14.6. The lowest BCUT2D eigenvalue weighted by Crippen LogP contribution is -2.18. The minimum Gasteiger partial charge on any atom is -0.494 e. The van der Waals surface area contributed by atoms with Crippen LogP contribution in [-0.4, -0.2) is 24.0 Å². The summed E-state index contributed by atoms with van der Waals surface area (Å²) in [5, 5.41) is 0.911. The standard InChI is InChI=1S/C14H16F3NO2/c1-2-7-20-12-3-4-13-11(8-12)5-6-18(13)10-19-9-14(15,16)17/h3-6,8H,2,7,9-10H2,1H3. The molecular formula is C14H16F3NO2. The van der Waals surface area contributed by atoms with Gasteiger partial charge in [0.05, 0.1) is 12.1 Å². The van der Waals surface area contributed by atoms with Crippen LogP contribution >= 0.6 is 0 Å². The molecule has 0 N–H and O–H groups in total. The highest BCUT2D eigenvalue weighted by Gasteiger charge is 2.27. The monoisotopic (exact) mass is 287 g/mol. The second kappa shape index (κ2) is 6.17. The van der Waals surface area contributed by atoms with E-state index in [-0.39, 0.29) is 6.73 Å². The van der Waals surface area contributed by atoms with Crippen molar-refractivity contribution in [3.63, 3.8) is 0 Å². The molecule has 0 saturated heterocycles. The highest BCUT2D eigenvalue weighted by Crippen LogP contribution is 2.23. The van der Waals surface area contributed by atoms with Gasteiger partial charge in [0.2, 0.25) is 0 Å². The molecule has 1 aromatic heterocycles. The van der Waals surface area contributed by atoms with Crippen molar-refractivity contribution in [1.82, 2.24) is 4.57 Å². The van der Waals surface area contributed by atoms with Crippen molar-refractivity contribution in [2.45, 2.75) is 26.3 Å². The highest BCUT2D eigenvalue weighted by atomic mass is 19.4. The summed E-state index contributed by atoms with van der Waals surface area (Å²) < 4.78 is 47.8. The van der Waals surface area contributed by atoms with Gasteiger partial charge in [0, 0.05) is 11.6 Å². The maximum atomic E-state index is 12.0. The maximum absolute atomic E-state index is 12.0. The third-order valence-corrected chi connectivity index (χ3v) is 2.71. The van der Waals surface area contributed by atoms with Crippen LogP contribution in [0.15, 0.2) is 30.5 Å². The fourth-order valence-corrected chi connectivity index (χ4v) is 1.86. The second-order valence-corrected chi connectivity index (χ2v) is 4.45. The molecule has 0 bridgehead atoms. The van der Waals surface area contributed by atoms with E-state index in [1.165, 1.54) is 0 Å². The molecule has 0 amide bonds. The number of hydrogen-bond acceptors (Lipinski definition) is 2. The van der Waals surface area contributed by atoms with E-state index in [4.69, 9.17) is 4.74 Å². The van der Waals surface area contributed by atoms with E-state index in [0.29, 0.717) is 6.61 Å². The third kappa shape index (κ3) is 3.90. The van der Waals surface area contributed by atoms with E-state index in [0.717, 1.165) is 23.1 Å². The topological polar surface area (TPSA) is 23.4 Å². The number of fused-ring (bicyclic) bond motifs is 1. The summed E-state index contributed by atoms with van der Waals surface area (Å²) in [6.07, 6.45) is -1.68. The summed E-state index contributed by atoms with van der Waals surface area (Å²) in [7, 11) is 0. The number of alkyl halides is 3. The predicted octanol–water partition coefficient (Wildman–Crippen LogP) is 3.97. The molecule has 0 unspecified atom stereocenters. The van der Waals surface area contributed by atoms with Crippen molar-refractivity contribution >= 4 is 10.9 Å². The first-order valence-corrected chi connectivity index (χ1v) is 6.36. The van der Waals surface area contributed by atoms with Crippen molar-refractivity contribution in [3.05, 3.63) is 30.5 Å².